The van der Waals surface area contributed by atoms with E-state index in [0.29, 0.717) is 18.4 Å². The first-order valence-corrected chi connectivity index (χ1v) is 7.95. The Morgan fingerprint density at radius 2 is 2.21 bits per heavy atom. The van der Waals surface area contributed by atoms with Crippen LogP contribution in [0.1, 0.15) is 19.7 Å². The summed E-state index contributed by atoms with van der Waals surface area (Å²) in [6.45, 7) is 7.95. The zero-order valence-corrected chi connectivity index (χ0v) is 12.6. The number of hydrogen-bond donors (Lipinski definition) is 1. The summed E-state index contributed by atoms with van der Waals surface area (Å²) >= 11 is 1.97. The van der Waals surface area contributed by atoms with Crippen molar-refractivity contribution in [1.82, 2.24) is 14.5 Å². The van der Waals surface area contributed by atoms with Gasteiger partial charge in [-0.2, -0.15) is 11.8 Å². The van der Waals surface area contributed by atoms with Crippen LogP contribution in [0.15, 0.2) is 17.4 Å². The van der Waals surface area contributed by atoms with Crippen LogP contribution in [0.5, 0.6) is 0 Å². The van der Waals surface area contributed by atoms with E-state index in [4.69, 9.17) is 5.73 Å². The summed E-state index contributed by atoms with van der Waals surface area (Å²) in [5.41, 5.74) is 6.05. The molecule has 1 saturated heterocycles. The lowest BCUT2D eigenvalue weighted by molar-refractivity contribution is 0.454. The van der Waals surface area contributed by atoms with E-state index in [9.17, 15) is 0 Å². The maximum absolute atomic E-state index is 6.05. The van der Waals surface area contributed by atoms with Crippen LogP contribution in [-0.4, -0.2) is 45.0 Å². The molecule has 1 aromatic rings. The molecule has 0 aliphatic carbocycles. The van der Waals surface area contributed by atoms with Crippen LogP contribution < -0.4 is 5.73 Å². The topological polar surface area (TPSA) is 59.4 Å². The molecule has 0 amide bonds. The third kappa shape index (κ3) is 4.16. The molecule has 0 bridgehead atoms. The van der Waals surface area contributed by atoms with E-state index < -0.39 is 0 Å². The maximum Gasteiger partial charge on any atom is 0.191 e. The molecular formula is C13H23N5S. The number of nitrogens with zero attached hydrogens (tertiary/aromatic N) is 4. The first kappa shape index (κ1) is 14.2. The highest BCUT2D eigenvalue weighted by molar-refractivity contribution is 7.99. The molecule has 1 aromatic heterocycles. The van der Waals surface area contributed by atoms with E-state index in [1.54, 1.807) is 0 Å². The van der Waals surface area contributed by atoms with Gasteiger partial charge in [-0.05, 0) is 5.92 Å². The van der Waals surface area contributed by atoms with Gasteiger partial charge in [-0.1, -0.05) is 13.8 Å². The van der Waals surface area contributed by atoms with Crippen LogP contribution in [0.2, 0.25) is 0 Å². The van der Waals surface area contributed by atoms with Gasteiger partial charge in [-0.3, -0.25) is 0 Å². The molecule has 2 rings (SSSR count). The van der Waals surface area contributed by atoms with Crippen LogP contribution in [0, 0.1) is 5.92 Å². The minimum absolute atomic E-state index is 0.565. The van der Waals surface area contributed by atoms with Gasteiger partial charge >= 0.3 is 0 Å². The van der Waals surface area contributed by atoms with Crippen molar-refractivity contribution < 1.29 is 0 Å². The summed E-state index contributed by atoms with van der Waals surface area (Å²) in [6.07, 6.45) is 3.85. The number of imidazole rings is 1. The fraction of sp³-hybridized carbons (Fsp3) is 0.692. The fourth-order valence-electron chi connectivity index (χ4n) is 2.10. The highest BCUT2D eigenvalue weighted by Crippen LogP contribution is 2.09. The second-order valence-corrected chi connectivity index (χ2v) is 6.39. The Balaban J connectivity index is 1.95. The van der Waals surface area contributed by atoms with Crippen LogP contribution >= 0.6 is 11.8 Å². The molecular weight excluding hydrogens is 258 g/mol. The number of rotatable bonds is 4. The summed E-state index contributed by atoms with van der Waals surface area (Å²) in [4.78, 5) is 11.0. The molecule has 1 aliphatic rings. The van der Waals surface area contributed by atoms with Gasteiger partial charge in [0.1, 0.15) is 12.4 Å². The Hall–Kier alpha value is -1.17. The lowest BCUT2D eigenvalue weighted by Crippen LogP contribution is -2.42. The van der Waals surface area contributed by atoms with E-state index in [0.717, 1.165) is 37.0 Å². The van der Waals surface area contributed by atoms with Gasteiger partial charge < -0.3 is 15.2 Å². The van der Waals surface area contributed by atoms with Crippen molar-refractivity contribution in [3.8, 4) is 0 Å². The molecule has 6 heteroatoms. The Morgan fingerprint density at radius 3 is 2.89 bits per heavy atom. The smallest absolute Gasteiger partial charge is 0.191 e. The van der Waals surface area contributed by atoms with Crippen LogP contribution in [-0.2, 0) is 13.1 Å². The molecule has 1 aliphatic heterocycles. The van der Waals surface area contributed by atoms with E-state index in [-0.39, 0.29) is 0 Å². The van der Waals surface area contributed by atoms with Gasteiger partial charge in [0.2, 0.25) is 0 Å². The Bertz CT molecular complexity index is 420. The number of hydrogen-bond acceptors (Lipinski definition) is 3. The highest BCUT2D eigenvalue weighted by atomic mass is 32.2. The standard InChI is InChI=1S/C13H23N5S/c1-11(2)10-18-4-3-15-12(18)9-16-13(14)17-5-7-19-8-6-17/h3-4,11H,5-10H2,1-2H3,(H2,14,16). The number of aromatic nitrogens is 2. The summed E-state index contributed by atoms with van der Waals surface area (Å²) in [6, 6.07) is 0. The molecule has 0 aromatic carbocycles. The predicted molar refractivity (Wildman–Crippen MR) is 81.3 cm³/mol. The molecule has 2 N–H and O–H groups in total. The molecule has 0 atom stereocenters. The van der Waals surface area contributed by atoms with Crippen LogP contribution in [0.4, 0.5) is 0 Å². The van der Waals surface area contributed by atoms with Crippen molar-refractivity contribution >= 4 is 17.7 Å². The number of nitrogens with two attached hydrogens (primary N) is 1. The average Bonchev–Trinajstić information content (AvgIpc) is 2.83. The second-order valence-electron chi connectivity index (χ2n) is 5.16. The van der Waals surface area contributed by atoms with Crippen molar-refractivity contribution in [1.29, 1.82) is 0 Å². The van der Waals surface area contributed by atoms with E-state index in [1.807, 2.05) is 24.2 Å². The fourth-order valence-corrected chi connectivity index (χ4v) is 3.00. The predicted octanol–water partition coefficient (Wildman–Crippen LogP) is 1.40. The largest absolute Gasteiger partial charge is 0.370 e. The molecule has 1 fully saturated rings. The molecule has 0 radical (unpaired) electrons. The summed E-state index contributed by atoms with van der Waals surface area (Å²) in [7, 11) is 0. The highest BCUT2D eigenvalue weighted by Gasteiger charge is 2.12. The van der Waals surface area contributed by atoms with Gasteiger partial charge in [0.15, 0.2) is 5.96 Å². The third-order valence-electron chi connectivity index (χ3n) is 3.08. The minimum atomic E-state index is 0.565. The van der Waals surface area contributed by atoms with Gasteiger partial charge in [0, 0.05) is 43.5 Å². The monoisotopic (exact) mass is 281 g/mol. The minimum Gasteiger partial charge on any atom is -0.370 e. The van der Waals surface area contributed by atoms with Crippen molar-refractivity contribution in [3.05, 3.63) is 18.2 Å². The number of guanidine groups is 1. The van der Waals surface area contributed by atoms with Crippen LogP contribution in [0.25, 0.3) is 0 Å². The molecule has 106 valence electrons. The van der Waals surface area contributed by atoms with Gasteiger partial charge in [0.25, 0.3) is 0 Å². The Morgan fingerprint density at radius 1 is 1.47 bits per heavy atom. The van der Waals surface area contributed by atoms with Gasteiger partial charge in [-0.25, -0.2) is 9.98 Å². The molecule has 2 heterocycles. The quantitative estimate of drug-likeness (QED) is 0.669. The SMILES string of the molecule is CC(C)Cn1ccnc1CN=C(N)N1CCSCC1. The van der Waals surface area contributed by atoms with Crippen molar-refractivity contribution in [2.24, 2.45) is 16.6 Å². The van der Waals surface area contributed by atoms with Gasteiger partial charge in [-0.15, -0.1) is 0 Å². The second kappa shape index (κ2) is 6.84. The third-order valence-corrected chi connectivity index (χ3v) is 4.02. The Labute approximate surface area is 119 Å². The number of aliphatic imine (C=N–C) groups is 1. The summed E-state index contributed by atoms with van der Waals surface area (Å²) in [5, 5.41) is 0. The zero-order chi connectivity index (χ0) is 13.7. The summed E-state index contributed by atoms with van der Waals surface area (Å²) in [5.74, 6) is 4.52. The molecule has 19 heavy (non-hydrogen) atoms. The number of thioether (sulfide) groups is 1. The zero-order valence-electron chi connectivity index (χ0n) is 11.7. The van der Waals surface area contributed by atoms with Crippen LogP contribution in [0.3, 0.4) is 0 Å². The van der Waals surface area contributed by atoms with Crippen molar-refractivity contribution in [2.45, 2.75) is 26.9 Å². The molecule has 0 spiro atoms. The average molecular weight is 281 g/mol. The lowest BCUT2D eigenvalue weighted by Gasteiger charge is -2.27. The van der Waals surface area contributed by atoms with Gasteiger partial charge in [0.05, 0.1) is 0 Å². The van der Waals surface area contributed by atoms with Crippen molar-refractivity contribution in [3.63, 3.8) is 0 Å². The Kier molecular flexibility index (Phi) is 5.13. The first-order valence-electron chi connectivity index (χ1n) is 6.79. The molecule has 0 saturated carbocycles. The molecule has 5 nitrogen and oxygen atoms in total. The normalized spacial score (nSPS) is 17.2. The maximum atomic E-state index is 6.05. The van der Waals surface area contributed by atoms with Crippen molar-refractivity contribution in [2.75, 3.05) is 24.6 Å². The van der Waals surface area contributed by atoms with E-state index >= 15 is 0 Å². The molecule has 0 unspecified atom stereocenters. The van der Waals surface area contributed by atoms with E-state index in [1.165, 1.54) is 0 Å². The first-order chi connectivity index (χ1) is 9.16. The van der Waals surface area contributed by atoms with E-state index in [2.05, 4.69) is 33.3 Å². The lowest BCUT2D eigenvalue weighted by atomic mass is 10.2. The summed E-state index contributed by atoms with van der Waals surface area (Å²) < 4.78 is 2.16.